The second kappa shape index (κ2) is 12.3. The van der Waals surface area contributed by atoms with Crippen LogP contribution < -0.4 is 14.8 Å². The van der Waals surface area contributed by atoms with Gasteiger partial charge in [0.05, 0.1) is 13.7 Å². The molecular formula is C19H33NO2. The summed E-state index contributed by atoms with van der Waals surface area (Å²) in [5.41, 5.74) is 1.24. The van der Waals surface area contributed by atoms with Gasteiger partial charge in [0.1, 0.15) is 0 Å². The molecule has 1 rings (SSSR count). The molecule has 0 spiro atoms. The molecule has 0 unspecified atom stereocenters. The third kappa shape index (κ3) is 7.69. The average Bonchev–Trinajstić information content (AvgIpc) is 2.55. The highest BCUT2D eigenvalue weighted by Gasteiger charge is 2.05. The van der Waals surface area contributed by atoms with Crippen LogP contribution in [0.2, 0.25) is 0 Å². The van der Waals surface area contributed by atoms with Crippen LogP contribution in [-0.4, -0.2) is 20.3 Å². The predicted octanol–water partition coefficient (Wildman–Crippen LogP) is 4.93. The smallest absolute Gasteiger partial charge is 0.161 e. The third-order valence-corrected chi connectivity index (χ3v) is 3.73. The third-order valence-electron chi connectivity index (χ3n) is 3.73. The fourth-order valence-electron chi connectivity index (χ4n) is 2.42. The van der Waals surface area contributed by atoms with Gasteiger partial charge in [-0.1, -0.05) is 52.0 Å². The summed E-state index contributed by atoms with van der Waals surface area (Å²) < 4.78 is 11.1. The molecule has 0 aromatic heterocycles. The number of nitrogens with one attached hydrogen (secondary N) is 1. The minimum atomic E-state index is 0.728. The van der Waals surface area contributed by atoms with Crippen LogP contribution in [-0.2, 0) is 6.54 Å². The van der Waals surface area contributed by atoms with Gasteiger partial charge in [0.25, 0.3) is 0 Å². The first kappa shape index (κ1) is 18.8. The van der Waals surface area contributed by atoms with E-state index in [0.717, 1.165) is 37.6 Å². The minimum absolute atomic E-state index is 0.728. The zero-order valence-corrected chi connectivity index (χ0v) is 14.6. The maximum Gasteiger partial charge on any atom is 0.161 e. The highest BCUT2D eigenvalue weighted by atomic mass is 16.5. The lowest BCUT2D eigenvalue weighted by molar-refractivity contribution is 0.294. The molecule has 0 heterocycles. The van der Waals surface area contributed by atoms with Crippen LogP contribution in [0.5, 0.6) is 11.5 Å². The van der Waals surface area contributed by atoms with E-state index >= 15 is 0 Å². The molecule has 3 heteroatoms. The molecule has 126 valence electrons. The molecule has 0 aliphatic heterocycles. The fraction of sp³-hybridized carbons (Fsp3) is 0.684. The molecule has 0 aliphatic carbocycles. The van der Waals surface area contributed by atoms with Crippen molar-refractivity contribution in [3.8, 4) is 11.5 Å². The molecule has 0 saturated heterocycles. The molecule has 1 aromatic carbocycles. The molecule has 22 heavy (non-hydrogen) atoms. The maximum atomic E-state index is 5.68. The Bertz CT molecular complexity index is 393. The van der Waals surface area contributed by atoms with E-state index in [0.29, 0.717) is 0 Å². The number of ether oxygens (including phenoxy) is 2. The van der Waals surface area contributed by atoms with Crippen LogP contribution >= 0.6 is 0 Å². The Morgan fingerprint density at radius 1 is 0.909 bits per heavy atom. The van der Waals surface area contributed by atoms with Crippen LogP contribution in [0.4, 0.5) is 0 Å². The highest BCUT2D eigenvalue weighted by molar-refractivity contribution is 5.42. The predicted molar refractivity (Wildman–Crippen MR) is 93.9 cm³/mol. The molecule has 0 fully saturated rings. The summed E-state index contributed by atoms with van der Waals surface area (Å²) in [6, 6.07) is 6.19. The first-order valence-electron chi connectivity index (χ1n) is 8.82. The van der Waals surface area contributed by atoms with E-state index in [1.165, 1.54) is 44.1 Å². The van der Waals surface area contributed by atoms with Crippen molar-refractivity contribution in [3.05, 3.63) is 23.8 Å². The molecule has 1 N–H and O–H groups in total. The topological polar surface area (TPSA) is 30.5 Å². The first-order valence-corrected chi connectivity index (χ1v) is 8.82. The lowest BCUT2D eigenvalue weighted by atomic mass is 10.1. The summed E-state index contributed by atoms with van der Waals surface area (Å²) in [6.45, 7) is 7.06. The first-order chi connectivity index (χ1) is 10.8. The molecule has 0 saturated carbocycles. The van der Waals surface area contributed by atoms with Crippen LogP contribution in [0.25, 0.3) is 0 Å². The summed E-state index contributed by atoms with van der Waals surface area (Å²) >= 11 is 0. The van der Waals surface area contributed by atoms with E-state index in [9.17, 15) is 0 Å². The Balaban J connectivity index is 2.25. The van der Waals surface area contributed by atoms with Gasteiger partial charge >= 0.3 is 0 Å². The van der Waals surface area contributed by atoms with Gasteiger partial charge in [-0.2, -0.15) is 0 Å². The van der Waals surface area contributed by atoms with E-state index in [4.69, 9.17) is 9.47 Å². The number of hydrogen-bond acceptors (Lipinski definition) is 3. The number of benzene rings is 1. The summed E-state index contributed by atoms with van der Waals surface area (Å²) in [4.78, 5) is 0. The highest BCUT2D eigenvalue weighted by Crippen LogP contribution is 2.28. The number of rotatable bonds is 13. The summed E-state index contributed by atoms with van der Waals surface area (Å²) in [5, 5.41) is 3.51. The van der Waals surface area contributed by atoms with Gasteiger partial charge in [-0.3, -0.25) is 0 Å². The SMILES string of the molecule is CCCCCCCCNCc1ccc(OCCC)c(OC)c1. The Hall–Kier alpha value is -1.22. The van der Waals surface area contributed by atoms with E-state index < -0.39 is 0 Å². The fourth-order valence-corrected chi connectivity index (χ4v) is 2.42. The monoisotopic (exact) mass is 307 g/mol. The van der Waals surface area contributed by atoms with E-state index in [1.807, 2.05) is 6.07 Å². The van der Waals surface area contributed by atoms with Gasteiger partial charge in [-0.25, -0.2) is 0 Å². The van der Waals surface area contributed by atoms with Crippen molar-refractivity contribution in [2.24, 2.45) is 0 Å². The van der Waals surface area contributed by atoms with Crippen molar-refractivity contribution in [1.29, 1.82) is 0 Å². The molecule has 0 aliphatic rings. The van der Waals surface area contributed by atoms with Crippen molar-refractivity contribution >= 4 is 0 Å². The zero-order chi connectivity index (χ0) is 16.0. The van der Waals surface area contributed by atoms with Crippen LogP contribution in [0.15, 0.2) is 18.2 Å². The molecular weight excluding hydrogens is 274 g/mol. The number of hydrogen-bond donors (Lipinski definition) is 1. The van der Waals surface area contributed by atoms with Gasteiger partial charge < -0.3 is 14.8 Å². The zero-order valence-electron chi connectivity index (χ0n) is 14.6. The van der Waals surface area contributed by atoms with E-state index in [-0.39, 0.29) is 0 Å². The molecule has 0 atom stereocenters. The Kier molecular flexibility index (Phi) is 10.6. The van der Waals surface area contributed by atoms with Crippen LogP contribution in [0.3, 0.4) is 0 Å². The molecule has 0 radical (unpaired) electrons. The van der Waals surface area contributed by atoms with Gasteiger partial charge in [0, 0.05) is 6.54 Å². The van der Waals surface area contributed by atoms with E-state index in [1.54, 1.807) is 7.11 Å². The number of unbranched alkanes of at least 4 members (excludes halogenated alkanes) is 5. The summed E-state index contributed by atoms with van der Waals surface area (Å²) in [6.07, 6.45) is 9.04. The maximum absolute atomic E-state index is 5.68. The lowest BCUT2D eigenvalue weighted by Gasteiger charge is -2.12. The van der Waals surface area contributed by atoms with Crippen LogP contribution in [0, 0.1) is 0 Å². The second-order valence-electron chi connectivity index (χ2n) is 5.78. The van der Waals surface area contributed by atoms with E-state index in [2.05, 4.69) is 31.3 Å². The molecule has 0 amide bonds. The number of methoxy groups -OCH3 is 1. The Morgan fingerprint density at radius 2 is 1.68 bits per heavy atom. The standard InChI is InChI=1S/C19H33NO2/c1-4-6-7-8-9-10-13-20-16-17-11-12-18(22-14-5-2)19(15-17)21-3/h11-12,15,20H,4-10,13-14,16H2,1-3H3. The molecule has 3 nitrogen and oxygen atoms in total. The van der Waals surface area contributed by atoms with Gasteiger partial charge in [-0.15, -0.1) is 0 Å². The van der Waals surface area contributed by atoms with Crippen molar-refractivity contribution in [3.63, 3.8) is 0 Å². The summed E-state index contributed by atoms with van der Waals surface area (Å²) in [7, 11) is 1.70. The van der Waals surface area contributed by atoms with Crippen LogP contribution in [0.1, 0.15) is 64.4 Å². The Morgan fingerprint density at radius 3 is 2.41 bits per heavy atom. The average molecular weight is 307 g/mol. The molecule has 1 aromatic rings. The largest absolute Gasteiger partial charge is 0.493 e. The molecule has 0 bridgehead atoms. The minimum Gasteiger partial charge on any atom is -0.493 e. The Labute approximate surface area is 136 Å². The second-order valence-corrected chi connectivity index (χ2v) is 5.78. The van der Waals surface area contributed by atoms with Crippen molar-refractivity contribution in [2.75, 3.05) is 20.3 Å². The van der Waals surface area contributed by atoms with Gasteiger partial charge in [-0.05, 0) is 37.1 Å². The van der Waals surface area contributed by atoms with Crippen molar-refractivity contribution < 1.29 is 9.47 Å². The summed E-state index contributed by atoms with van der Waals surface area (Å²) in [5.74, 6) is 1.66. The van der Waals surface area contributed by atoms with Gasteiger partial charge in [0.15, 0.2) is 11.5 Å². The van der Waals surface area contributed by atoms with Gasteiger partial charge in [0.2, 0.25) is 0 Å². The van der Waals surface area contributed by atoms with Crippen molar-refractivity contribution in [2.45, 2.75) is 65.3 Å². The normalized spacial score (nSPS) is 10.7. The van der Waals surface area contributed by atoms with Crippen molar-refractivity contribution in [1.82, 2.24) is 5.32 Å². The lowest BCUT2D eigenvalue weighted by Crippen LogP contribution is -2.14. The quantitative estimate of drug-likeness (QED) is 0.524.